The maximum Gasteiger partial charge on any atom is 0.242 e. The molecular formula is C27H35N3O3S. The Hall–Kier alpha value is -2.64. The first-order chi connectivity index (χ1) is 16.3. The molecule has 182 valence electrons. The summed E-state index contributed by atoms with van der Waals surface area (Å²) in [5.41, 5.74) is 4.87. The summed E-state index contributed by atoms with van der Waals surface area (Å²) in [7, 11) is 0. The van der Waals surface area contributed by atoms with Crippen molar-refractivity contribution in [2.45, 2.75) is 58.6 Å². The predicted molar refractivity (Wildman–Crippen MR) is 141 cm³/mol. The number of amidine groups is 1. The summed E-state index contributed by atoms with van der Waals surface area (Å²) in [6, 6.07) is 14.0. The van der Waals surface area contributed by atoms with Crippen LogP contribution in [0, 0.1) is 13.8 Å². The molecule has 1 atom stereocenters. The van der Waals surface area contributed by atoms with E-state index in [2.05, 4.69) is 31.3 Å². The molecule has 0 aliphatic carbocycles. The molecule has 0 aromatic heterocycles. The molecule has 1 aliphatic rings. The number of hydrogen-bond donors (Lipinski definition) is 1. The zero-order valence-corrected chi connectivity index (χ0v) is 21.6. The number of aryl methyl sites for hydroxylation is 2. The number of amides is 2. The van der Waals surface area contributed by atoms with Gasteiger partial charge in [0.2, 0.25) is 11.8 Å². The number of para-hydroxylation sites is 1. The van der Waals surface area contributed by atoms with Crippen LogP contribution in [-0.4, -0.2) is 46.9 Å². The van der Waals surface area contributed by atoms with Crippen LogP contribution in [0.4, 0.5) is 11.4 Å². The summed E-state index contributed by atoms with van der Waals surface area (Å²) in [5, 5.41) is 3.15. The van der Waals surface area contributed by atoms with Crippen LogP contribution in [0.3, 0.4) is 0 Å². The number of aliphatic imine (C=N–C) groups is 1. The summed E-state index contributed by atoms with van der Waals surface area (Å²) >= 11 is 1.37. The molecule has 1 N–H and O–H groups in total. The molecule has 2 aromatic rings. The van der Waals surface area contributed by atoms with E-state index < -0.39 is 5.25 Å². The molecule has 0 spiro atoms. The van der Waals surface area contributed by atoms with Crippen LogP contribution in [0.25, 0.3) is 0 Å². The molecular weight excluding hydrogens is 446 g/mol. The largest absolute Gasteiger partial charge is 0.382 e. The van der Waals surface area contributed by atoms with Crippen molar-refractivity contribution in [1.29, 1.82) is 0 Å². The Morgan fingerprint density at radius 3 is 2.44 bits per heavy atom. The van der Waals surface area contributed by atoms with Gasteiger partial charge in [0.15, 0.2) is 5.17 Å². The highest BCUT2D eigenvalue weighted by molar-refractivity contribution is 8.15. The molecule has 0 saturated carbocycles. The Bertz CT molecular complexity index is 1010. The second-order valence-electron chi connectivity index (χ2n) is 8.81. The average Bonchev–Trinajstić information content (AvgIpc) is 3.08. The molecule has 1 aliphatic heterocycles. The number of carbonyl (C=O) groups excluding carboxylic acids is 2. The maximum absolute atomic E-state index is 13.2. The topological polar surface area (TPSA) is 71.0 Å². The molecule has 6 nitrogen and oxygen atoms in total. The minimum atomic E-state index is -0.495. The molecule has 7 heteroatoms. The minimum absolute atomic E-state index is 0.0734. The molecule has 1 saturated heterocycles. The molecule has 0 bridgehead atoms. The van der Waals surface area contributed by atoms with Crippen molar-refractivity contribution in [1.82, 2.24) is 4.90 Å². The van der Waals surface area contributed by atoms with Crippen molar-refractivity contribution >= 4 is 40.1 Å². The lowest BCUT2D eigenvalue weighted by molar-refractivity contribution is -0.128. The lowest BCUT2D eigenvalue weighted by Crippen LogP contribution is -2.34. The van der Waals surface area contributed by atoms with E-state index in [1.807, 2.05) is 51.1 Å². The first-order valence-corrected chi connectivity index (χ1v) is 12.8. The van der Waals surface area contributed by atoms with Crippen LogP contribution >= 0.6 is 11.8 Å². The maximum atomic E-state index is 13.2. The first-order valence-electron chi connectivity index (χ1n) is 11.9. The highest BCUT2D eigenvalue weighted by Gasteiger charge is 2.39. The molecule has 34 heavy (non-hydrogen) atoms. The summed E-state index contributed by atoms with van der Waals surface area (Å²) in [6.07, 6.45) is 0.817. The molecule has 3 rings (SSSR count). The third-order valence-electron chi connectivity index (χ3n) is 5.80. The van der Waals surface area contributed by atoms with Gasteiger partial charge < -0.3 is 10.1 Å². The van der Waals surface area contributed by atoms with Crippen molar-refractivity contribution in [3.8, 4) is 0 Å². The number of nitrogens with one attached hydrogen (secondary N) is 1. The van der Waals surface area contributed by atoms with E-state index in [-0.39, 0.29) is 18.2 Å². The van der Waals surface area contributed by atoms with Gasteiger partial charge in [0.25, 0.3) is 0 Å². The number of anilines is 1. The standard InChI is InChI=1S/C27H35N3O3S/c1-6-33-16-8-15-30-26(32)23(17-24(31)29-25-19(4)9-7-10-20(25)5)34-27(30)28-22-13-11-21(12-14-22)18(2)3/h7,9-14,18,23H,6,8,15-17H2,1-5H3,(H,29,31). The average molecular weight is 482 g/mol. The van der Waals surface area contributed by atoms with Gasteiger partial charge >= 0.3 is 0 Å². The van der Waals surface area contributed by atoms with E-state index in [1.165, 1.54) is 17.3 Å². The smallest absolute Gasteiger partial charge is 0.242 e. The number of hydrogen-bond acceptors (Lipinski definition) is 5. The predicted octanol–water partition coefficient (Wildman–Crippen LogP) is 5.81. The van der Waals surface area contributed by atoms with Gasteiger partial charge in [0.05, 0.1) is 5.69 Å². The van der Waals surface area contributed by atoms with Crippen molar-refractivity contribution in [3.63, 3.8) is 0 Å². The number of nitrogens with zero attached hydrogens (tertiary/aromatic N) is 2. The number of carbonyl (C=O) groups is 2. The van der Waals surface area contributed by atoms with E-state index in [9.17, 15) is 9.59 Å². The van der Waals surface area contributed by atoms with Crippen LogP contribution in [0.15, 0.2) is 47.5 Å². The Balaban J connectivity index is 1.75. The fraction of sp³-hybridized carbons (Fsp3) is 0.444. The molecule has 1 fully saturated rings. The van der Waals surface area contributed by atoms with Crippen LogP contribution in [0.2, 0.25) is 0 Å². The van der Waals surface area contributed by atoms with Gasteiger partial charge in [-0.3, -0.25) is 14.5 Å². The van der Waals surface area contributed by atoms with Crippen LogP contribution in [-0.2, 0) is 14.3 Å². The molecule has 0 radical (unpaired) electrons. The summed E-state index contributed by atoms with van der Waals surface area (Å²) in [4.78, 5) is 32.6. The Morgan fingerprint density at radius 2 is 1.82 bits per heavy atom. The normalized spacial score (nSPS) is 17.1. The van der Waals surface area contributed by atoms with E-state index in [0.29, 0.717) is 37.3 Å². The zero-order chi connectivity index (χ0) is 24.7. The Kier molecular flexibility index (Phi) is 9.30. The highest BCUT2D eigenvalue weighted by atomic mass is 32.2. The van der Waals surface area contributed by atoms with E-state index in [4.69, 9.17) is 9.73 Å². The van der Waals surface area contributed by atoms with Gasteiger partial charge in [-0.15, -0.1) is 0 Å². The third kappa shape index (κ3) is 6.70. The van der Waals surface area contributed by atoms with Gasteiger partial charge in [-0.2, -0.15) is 0 Å². The monoisotopic (exact) mass is 481 g/mol. The lowest BCUT2D eigenvalue weighted by Gasteiger charge is -2.16. The number of ether oxygens (including phenoxy) is 1. The third-order valence-corrected chi connectivity index (χ3v) is 6.97. The lowest BCUT2D eigenvalue weighted by atomic mass is 10.0. The van der Waals surface area contributed by atoms with Crippen LogP contribution in [0.1, 0.15) is 56.2 Å². The van der Waals surface area contributed by atoms with Gasteiger partial charge in [-0.05, 0) is 61.9 Å². The van der Waals surface area contributed by atoms with Gasteiger partial charge in [0, 0.05) is 31.9 Å². The fourth-order valence-electron chi connectivity index (χ4n) is 3.81. The van der Waals surface area contributed by atoms with Gasteiger partial charge in [0.1, 0.15) is 5.25 Å². The second-order valence-corrected chi connectivity index (χ2v) is 9.98. The number of thioether (sulfide) groups is 1. The fourth-order valence-corrected chi connectivity index (χ4v) is 5.00. The van der Waals surface area contributed by atoms with Crippen molar-refractivity contribution < 1.29 is 14.3 Å². The number of benzene rings is 2. The van der Waals surface area contributed by atoms with Gasteiger partial charge in [-0.1, -0.05) is 55.9 Å². The van der Waals surface area contributed by atoms with Gasteiger partial charge in [-0.25, -0.2) is 4.99 Å². The van der Waals surface area contributed by atoms with Crippen LogP contribution in [0.5, 0.6) is 0 Å². The van der Waals surface area contributed by atoms with Crippen molar-refractivity contribution in [2.24, 2.45) is 4.99 Å². The quantitative estimate of drug-likeness (QED) is 0.435. The minimum Gasteiger partial charge on any atom is -0.382 e. The zero-order valence-electron chi connectivity index (χ0n) is 20.8. The van der Waals surface area contributed by atoms with Crippen molar-refractivity contribution in [3.05, 3.63) is 59.2 Å². The Labute approximate surface area is 207 Å². The summed E-state index contributed by atoms with van der Waals surface area (Å²) < 4.78 is 5.45. The van der Waals surface area contributed by atoms with E-state index in [1.54, 1.807) is 4.90 Å². The van der Waals surface area contributed by atoms with E-state index >= 15 is 0 Å². The number of rotatable bonds is 10. The molecule has 1 unspecified atom stereocenters. The summed E-state index contributed by atoms with van der Waals surface area (Å²) in [5.74, 6) is 0.203. The SMILES string of the molecule is CCOCCCN1C(=O)C(CC(=O)Nc2c(C)cccc2C)SC1=Nc1ccc(C(C)C)cc1. The molecule has 2 aromatic carbocycles. The summed E-state index contributed by atoms with van der Waals surface area (Å²) in [6.45, 7) is 11.9. The van der Waals surface area contributed by atoms with E-state index in [0.717, 1.165) is 22.5 Å². The molecule has 1 heterocycles. The molecule has 2 amide bonds. The highest BCUT2D eigenvalue weighted by Crippen LogP contribution is 2.32. The second kappa shape index (κ2) is 12.2. The first kappa shape index (κ1) is 26.0. The van der Waals surface area contributed by atoms with Crippen molar-refractivity contribution in [2.75, 3.05) is 25.1 Å². The Morgan fingerprint density at radius 1 is 1.15 bits per heavy atom. The van der Waals surface area contributed by atoms with Crippen LogP contribution < -0.4 is 5.32 Å².